The summed E-state index contributed by atoms with van der Waals surface area (Å²) in [5.41, 5.74) is 0. The van der Waals surface area contributed by atoms with E-state index < -0.39 is 18.2 Å². The van der Waals surface area contributed by atoms with Crippen molar-refractivity contribution in [3.8, 4) is 0 Å². The molecular weight excluding hydrogens is 815 g/mol. The van der Waals surface area contributed by atoms with E-state index in [1.165, 1.54) is 154 Å². The van der Waals surface area contributed by atoms with Gasteiger partial charge in [-0.1, -0.05) is 261 Å². The number of rotatable bonds is 51. The number of carbonyl (C=O) groups is 2. The average molecular weight is 925 g/mol. The number of esters is 1. The number of hydrogen-bond donors (Lipinski definition) is 3. The van der Waals surface area contributed by atoms with Gasteiger partial charge in [0.2, 0.25) is 5.91 Å². The molecule has 3 N–H and O–H groups in total. The van der Waals surface area contributed by atoms with Gasteiger partial charge in [-0.15, -0.1) is 0 Å². The monoisotopic (exact) mass is 924 g/mol. The van der Waals surface area contributed by atoms with Crippen molar-refractivity contribution < 1.29 is 24.5 Å². The Hall–Kier alpha value is -2.44. The molecule has 0 radical (unpaired) electrons. The number of aliphatic hydroxyl groups is 2. The summed E-state index contributed by atoms with van der Waals surface area (Å²) in [6.07, 6.45) is 67.1. The Labute approximate surface area is 409 Å². The zero-order valence-electron chi connectivity index (χ0n) is 43.8. The lowest BCUT2D eigenvalue weighted by molar-refractivity contribution is -0.151. The van der Waals surface area contributed by atoms with Crippen molar-refractivity contribution >= 4 is 11.9 Å². The Morgan fingerprint density at radius 2 is 0.803 bits per heavy atom. The van der Waals surface area contributed by atoms with E-state index in [1.54, 1.807) is 0 Å². The third-order valence-corrected chi connectivity index (χ3v) is 12.9. The summed E-state index contributed by atoms with van der Waals surface area (Å²) in [5.74, 6) is -0.523. The highest BCUT2D eigenvalue weighted by atomic mass is 16.5. The first-order valence-corrected chi connectivity index (χ1v) is 28.6. The standard InChI is InChI=1S/C60H109NO5/c1-4-7-10-13-16-19-22-25-27-29-31-33-35-38-41-44-47-50-53-60(65)66-56(51-48-45-42-39-36-24-21-18-15-12-9-6-3)54-59(64)61-57(55-62)58(63)52-49-46-43-40-37-34-32-30-28-26-23-20-17-14-11-8-5-2/h16,19,22,25,27,29,31,33,39,42,56-58,62-63H,4-15,17-18,20-21,23-24,26,28,30,32,34-38,40-41,43-55H2,1-3H3,(H,61,64)/b19-16+,25-22+,29-27+,33-31+,42-39-. The zero-order chi connectivity index (χ0) is 48.1. The lowest BCUT2D eigenvalue weighted by atomic mass is 10.0. The van der Waals surface area contributed by atoms with Crippen LogP contribution in [0, 0.1) is 0 Å². The van der Waals surface area contributed by atoms with Crippen LogP contribution < -0.4 is 5.32 Å². The fraction of sp³-hybridized carbons (Fsp3) is 0.800. The zero-order valence-corrected chi connectivity index (χ0v) is 43.8. The Balaban J connectivity index is 4.56. The number of amides is 1. The summed E-state index contributed by atoms with van der Waals surface area (Å²) in [4.78, 5) is 26.2. The van der Waals surface area contributed by atoms with Crippen LogP contribution in [-0.4, -0.2) is 46.9 Å². The van der Waals surface area contributed by atoms with Gasteiger partial charge in [-0.25, -0.2) is 0 Å². The maximum Gasteiger partial charge on any atom is 0.306 e. The van der Waals surface area contributed by atoms with Gasteiger partial charge in [0.05, 0.1) is 25.2 Å². The quantitative estimate of drug-likeness (QED) is 0.0244. The molecule has 0 rings (SSSR count). The topological polar surface area (TPSA) is 95.9 Å². The molecule has 0 aromatic heterocycles. The van der Waals surface area contributed by atoms with Gasteiger partial charge in [0.15, 0.2) is 0 Å². The molecule has 0 aliphatic carbocycles. The van der Waals surface area contributed by atoms with Crippen molar-refractivity contribution in [1.82, 2.24) is 5.32 Å². The van der Waals surface area contributed by atoms with E-state index in [9.17, 15) is 19.8 Å². The van der Waals surface area contributed by atoms with Crippen molar-refractivity contribution in [2.45, 2.75) is 302 Å². The summed E-state index contributed by atoms with van der Waals surface area (Å²) in [7, 11) is 0. The summed E-state index contributed by atoms with van der Waals surface area (Å²) >= 11 is 0. The molecule has 3 unspecified atom stereocenters. The van der Waals surface area contributed by atoms with E-state index in [2.05, 4.69) is 86.8 Å². The second kappa shape index (κ2) is 53.5. The van der Waals surface area contributed by atoms with Crippen LogP contribution in [0.5, 0.6) is 0 Å². The second-order valence-electron chi connectivity index (χ2n) is 19.4. The van der Waals surface area contributed by atoms with Gasteiger partial charge in [0.1, 0.15) is 6.10 Å². The highest BCUT2D eigenvalue weighted by Gasteiger charge is 2.24. The third kappa shape index (κ3) is 48.0. The molecule has 0 saturated heterocycles. The van der Waals surface area contributed by atoms with Crippen molar-refractivity contribution in [3.63, 3.8) is 0 Å². The molecule has 0 fully saturated rings. The lowest BCUT2D eigenvalue weighted by Crippen LogP contribution is -2.46. The van der Waals surface area contributed by atoms with Gasteiger partial charge in [-0.05, 0) is 70.6 Å². The fourth-order valence-corrected chi connectivity index (χ4v) is 8.56. The smallest absolute Gasteiger partial charge is 0.306 e. The van der Waals surface area contributed by atoms with Gasteiger partial charge in [0, 0.05) is 6.42 Å². The molecule has 384 valence electrons. The first-order chi connectivity index (χ1) is 32.5. The SMILES string of the molecule is CCCCC/C=C/C=C/C=C/C=C/CCCCCCCC(=O)OC(CCC/C=C\CCCCCCCCC)CC(=O)NC(CO)C(O)CCCCCCCCCCCCCCCCCCC. The van der Waals surface area contributed by atoms with Crippen molar-refractivity contribution in [2.24, 2.45) is 0 Å². The number of aliphatic hydroxyl groups excluding tert-OH is 2. The van der Waals surface area contributed by atoms with E-state index in [0.717, 1.165) is 83.5 Å². The Kier molecular flexibility index (Phi) is 51.5. The molecule has 1 amide bonds. The van der Waals surface area contributed by atoms with Gasteiger partial charge in [-0.2, -0.15) is 0 Å². The number of unbranched alkanes of at least 4 members (excludes halogenated alkanes) is 32. The van der Waals surface area contributed by atoms with Gasteiger partial charge in [-0.3, -0.25) is 9.59 Å². The predicted octanol–water partition coefficient (Wildman–Crippen LogP) is 17.6. The Morgan fingerprint density at radius 3 is 1.27 bits per heavy atom. The van der Waals surface area contributed by atoms with E-state index in [-0.39, 0.29) is 24.9 Å². The number of nitrogens with one attached hydrogen (secondary N) is 1. The van der Waals surface area contributed by atoms with E-state index in [1.807, 2.05) is 0 Å². The first-order valence-electron chi connectivity index (χ1n) is 28.6. The van der Waals surface area contributed by atoms with Crippen LogP contribution in [0.4, 0.5) is 0 Å². The van der Waals surface area contributed by atoms with Crippen LogP contribution in [0.25, 0.3) is 0 Å². The van der Waals surface area contributed by atoms with E-state index in [0.29, 0.717) is 19.3 Å². The molecule has 0 saturated carbocycles. The molecule has 0 aromatic carbocycles. The number of allylic oxidation sites excluding steroid dienone is 10. The fourth-order valence-electron chi connectivity index (χ4n) is 8.56. The molecule has 66 heavy (non-hydrogen) atoms. The predicted molar refractivity (Wildman–Crippen MR) is 287 cm³/mol. The minimum absolute atomic E-state index is 0.0466. The van der Waals surface area contributed by atoms with Crippen LogP contribution in [0.3, 0.4) is 0 Å². The summed E-state index contributed by atoms with van der Waals surface area (Å²) in [6, 6.07) is -0.717. The van der Waals surface area contributed by atoms with Crippen molar-refractivity contribution in [3.05, 3.63) is 60.8 Å². The lowest BCUT2D eigenvalue weighted by Gasteiger charge is -2.24. The largest absolute Gasteiger partial charge is 0.462 e. The molecule has 3 atom stereocenters. The third-order valence-electron chi connectivity index (χ3n) is 12.9. The molecular formula is C60H109NO5. The van der Waals surface area contributed by atoms with E-state index >= 15 is 0 Å². The number of carbonyl (C=O) groups excluding carboxylic acids is 2. The highest BCUT2D eigenvalue weighted by molar-refractivity contribution is 5.77. The molecule has 0 aromatic rings. The van der Waals surface area contributed by atoms with Crippen LogP contribution in [0.2, 0.25) is 0 Å². The molecule has 0 heterocycles. The first kappa shape index (κ1) is 63.6. The van der Waals surface area contributed by atoms with Crippen LogP contribution in [0.1, 0.15) is 284 Å². The summed E-state index contributed by atoms with van der Waals surface area (Å²) in [5, 5.41) is 23.9. The number of hydrogen-bond acceptors (Lipinski definition) is 5. The Bertz CT molecular complexity index is 1170. The molecule has 0 spiro atoms. The molecule has 6 heteroatoms. The van der Waals surface area contributed by atoms with Crippen LogP contribution in [0.15, 0.2) is 60.8 Å². The molecule has 0 bridgehead atoms. The highest BCUT2D eigenvalue weighted by Crippen LogP contribution is 2.18. The second-order valence-corrected chi connectivity index (χ2v) is 19.4. The molecule has 0 aliphatic rings. The average Bonchev–Trinajstić information content (AvgIpc) is 3.31. The maximum atomic E-state index is 13.2. The minimum Gasteiger partial charge on any atom is -0.462 e. The van der Waals surface area contributed by atoms with Crippen LogP contribution >= 0.6 is 0 Å². The molecule has 6 nitrogen and oxygen atoms in total. The van der Waals surface area contributed by atoms with Crippen LogP contribution in [-0.2, 0) is 14.3 Å². The summed E-state index contributed by atoms with van der Waals surface area (Å²) < 4.78 is 5.92. The van der Waals surface area contributed by atoms with Gasteiger partial charge >= 0.3 is 5.97 Å². The van der Waals surface area contributed by atoms with E-state index in [4.69, 9.17) is 4.74 Å². The van der Waals surface area contributed by atoms with Crippen molar-refractivity contribution in [1.29, 1.82) is 0 Å². The number of ether oxygens (including phenoxy) is 1. The minimum atomic E-state index is -0.801. The Morgan fingerprint density at radius 1 is 0.439 bits per heavy atom. The van der Waals surface area contributed by atoms with Crippen molar-refractivity contribution in [2.75, 3.05) is 6.61 Å². The van der Waals surface area contributed by atoms with Gasteiger partial charge in [0.25, 0.3) is 0 Å². The van der Waals surface area contributed by atoms with Gasteiger partial charge < -0.3 is 20.3 Å². The molecule has 0 aliphatic heterocycles. The summed E-state index contributed by atoms with van der Waals surface area (Å²) in [6.45, 7) is 6.45. The normalized spacial score (nSPS) is 13.6. The maximum absolute atomic E-state index is 13.2.